The predicted molar refractivity (Wildman–Crippen MR) is 81.3 cm³/mol. The lowest BCUT2D eigenvalue weighted by Gasteiger charge is -2.11. The molecule has 19 heavy (non-hydrogen) atoms. The minimum Gasteiger partial charge on any atom is -0.325 e. The van der Waals surface area contributed by atoms with E-state index in [0.717, 1.165) is 40.3 Å². The third-order valence-electron chi connectivity index (χ3n) is 3.45. The van der Waals surface area contributed by atoms with Crippen LogP contribution in [0.25, 0.3) is 10.8 Å². The molecule has 2 aromatic rings. The quantitative estimate of drug-likeness (QED) is 0.892. The molecule has 1 fully saturated rings. The zero-order chi connectivity index (χ0) is 13.2. The molecule has 0 radical (unpaired) electrons. The monoisotopic (exact) mass is 318 g/mol. The van der Waals surface area contributed by atoms with Crippen molar-refractivity contribution < 1.29 is 4.79 Å². The summed E-state index contributed by atoms with van der Waals surface area (Å²) in [5, 5.41) is 8.46. The third kappa shape index (κ3) is 2.80. The van der Waals surface area contributed by atoms with Crippen LogP contribution >= 0.6 is 15.9 Å². The van der Waals surface area contributed by atoms with Crippen LogP contribution in [0.4, 0.5) is 5.69 Å². The molecule has 0 aliphatic carbocycles. The molecule has 2 aromatic carbocycles. The number of rotatable bonds is 2. The van der Waals surface area contributed by atoms with Gasteiger partial charge < -0.3 is 10.6 Å². The average molecular weight is 319 g/mol. The van der Waals surface area contributed by atoms with E-state index in [-0.39, 0.29) is 11.9 Å². The second kappa shape index (κ2) is 5.31. The van der Waals surface area contributed by atoms with E-state index in [9.17, 15) is 4.79 Å². The fourth-order valence-corrected chi connectivity index (χ4v) is 2.81. The summed E-state index contributed by atoms with van der Waals surface area (Å²) in [6, 6.07) is 12.1. The second-order valence-electron chi connectivity index (χ2n) is 4.84. The van der Waals surface area contributed by atoms with Gasteiger partial charge in [-0.25, -0.2) is 0 Å². The highest BCUT2D eigenvalue weighted by Gasteiger charge is 2.21. The maximum atomic E-state index is 12.0. The van der Waals surface area contributed by atoms with Gasteiger partial charge in [0.2, 0.25) is 5.91 Å². The molecule has 4 heteroatoms. The highest BCUT2D eigenvalue weighted by atomic mass is 79.9. The SMILES string of the molecule is O=C(Nc1ccc2cc(Br)ccc2c1)[C@H]1CCCN1. The van der Waals surface area contributed by atoms with E-state index in [1.54, 1.807) is 0 Å². The number of hydrogen-bond donors (Lipinski definition) is 2. The number of anilines is 1. The summed E-state index contributed by atoms with van der Waals surface area (Å²) in [6.07, 6.45) is 2.00. The van der Waals surface area contributed by atoms with Crippen molar-refractivity contribution in [2.75, 3.05) is 11.9 Å². The highest BCUT2D eigenvalue weighted by Crippen LogP contribution is 2.23. The summed E-state index contributed by atoms with van der Waals surface area (Å²) in [5.41, 5.74) is 0.855. The first kappa shape index (κ1) is 12.6. The maximum absolute atomic E-state index is 12.0. The molecule has 1 heterocycles. The van der Waals surface area contributed by atoms with Crippen molar-refractivity contribution in [1.29, 1.82) is 0 Å². The Morgan fingerprint density at radius 1 is 1.21 bits per heavy atom. The lowest BCUT2D eigenvalue weighted by atomic mass is 10.1. The van der Waals surface area contributed by atoms with Crippen molar-refractivity contribution in [2.45, 2.75) is 18.9 Å². The van der Waals surface area contributed by atoms with Crippen LogP contribution in [0.5, 0.6) is 0 Å². The van der Waals surface area contributed by atoms with Crippen molar-refractivity contribution in [3.05, 3.63) is 40.9 Å². The molecule has 3 nitrogen and oxygen atoms in total. The van der Waals surface area contributed by atoms with Gasteiger partial charge in [0.05, 0.1) is 6.04 Å². The van der Waals surface area contributed by atoms with Crippen LogP contribution in [0.2, 0.25) is 0 Å². The van der Waals surface area contributed by atoms with Crippen LogP contribution in [0.1, 0.15) is 12.8 Å². The van der Waals surface area contributed by atoms with Crippen LogP contribution < -0.4 is 10.6 Å². The first-order chi connectivity index (χ1) is 9.22. The fraction of sp³-hybridized carbons (Fsp3) is 0.267. The smallest absolute Gasteiger partial charge is 0.241 e. The Morgan fingerprint density at radius 3 is 2.79 bits per heavy atom. The second-order valence-corrected chi connectivity index (χ2v) is 5.76. The van der Waals surface area contributed by atoms with E-state index in [1.165, 1.54) is 0 Å². The number of halogens is 1. The number of benzene rings is 2. The fourth-order valence-electron chi connectivity index (χ4n) is 2.43. The third-order valence-corrected chi connectivity index (χ3v) is 3.94. The Bertz CT molecular complexity index is 621. The molecular weight excluding hydrogens is 304 g/mol. The lowest BCUT2D eigenvalue weighted by molar-refractivity contribution is -0.117. The van der Waals surface area contributed by atoms with E-state index < -0.39 is 0 Å². The molecule has 0 spiro atoms. The van der Waals surface area contributed by atoms with E-state index in [1.807, 2.05) is 30.3 Å². The van der Waals surface area contributed by atoms with Gasteiger partial charge in [-0.1, -0.05) is 28.1 Å². The summed E-state index contributed by atoms with van der Waals surface area (Å²) in [6.45, 7) is 0.934. The Balaban J connectivity index is 1.81. The molecule has 2 N–H and O–H groups in total. The van der Waals surface area contributed by atoms with Gasteiger partial charge in [-0.05, 0) is 54.4 Å². The summed E-state index contributed by atoms with van der Waals surface area (Å²) >= 11 is 3.46. The maximum Gasteiger partial charge on any atom is 0.241 e. The molecule has 0 bridgehead atoms. The van der Waals surface area contributed by atoms with Crippen LogP contribution in [-0.4, -0.2) is 18.5 Å². The van der Waals surface area contributed by atoms with Gasteiger partial charge in [-0.15, -0.1) is 0 Å². The van der Waals surface area contributed by atoms with Gasteiger partial charge in [0.25, 0.3) is 0 Å². The van der Waals surface area contributed by atoms with E-state index >= 15 is 0 Å². The number of nitrogens with one attached hydrogen (secondary N) is 2. The number of amides is 1. The first-order valence-corrected chi connectivity index (χ1v) is 7.25. The van der Waals surface area contributed by atoms with Crippen LogP contribution in [0, 0.1) is 0 Å². The largest absolute Gasteiger partial charge is 0.325 e. The van der Waals surface area contributed by atoms with Crippen LogP contribution in [-0.2, 0) is 4.79 Å². The lowest BCUT2D eigenvalue weighted by Crippen LogP contribution is -2.35. The zero-order valence-electron chi connectivity index (χ0n) is 10.4. The normalized spacial score (nSPS) is 18.7. The molecule has 1 aliphatic rings. The van der Waals surface area contributed by atoms with Gasteiger partial charge in [0.15, 0.2) is 0 Å². The van der Waals surface area contributed by atoms with E-state index in [2.05, 4.69) is 32.6 Å². The molecule has 0 aromatic heterocycles. The van der Waals surface area contributed by atoms with E-state index in [4.69, 9.17) is 0 Å². The van der Waals surface area contributed by atoms with Crippen LogP contribution in [0.3, 0.4) is 0 Å². The zero-order valence-corrected chi connectivity index (χ0v) is 12.0. The standard InChI is InChI=1S/C15H15BrN2O/c16-12-5-3-11-9-13(6-4-10(11)8-12)18-15(19)14-2-1-7-17-14/h3-6,8-9,14,17H,1-2,7H2,(H,18,19)/t14-/m1/s1. The highest BCUT2D eigenvalue weighted by molar-refractivity contribution is 9.10. The summed E-state index contributed by atoms with van der Waals surface area (Å²) in [4.78, 5) is 12.0. The number of hydrogen-bond acceptors (Lipinski definition) is 2. The van der Waals surface area contributed by atoms with Crippen LogP contribution in [0.15, 0.2) is 40.9 Å². The van der Waals surface area contributed by atoms with Gasteiger partial charge in [-0.2, -0.15) is 0 Å². The molecule has 3 rings (SSSR count). The number of carbonyl (C=O) groups is 1. The summed E-state index contributed by atoms with van der Waals surface area (Å²) < 4.78 is 1.06. The molecule has 98 valence electrons. The molecule has 1 saturated heterocycles. The Kier molecular flexibility index (Phi) is 3.53. The minimum absolute atomic E-state index is 0.0411. The minimum atomic E-state index is -0.0411. The molecule has 0 unspecified atom stereocenters. The topological polar surface area (TPSA) is 41.1 Å². The molecule has 1 amide bonds. The Morgan fingerprint density at radius 2 is 2.00 bits per heavy atom. The summed E-state index contributed by atoms with van der Waals surface area (Å²) in [5.74, 6) is 0.0639. The molecule has 1 aliphatic heterocycles. The van der Waals surface area contributed by atoms with E-state index in [0.29, 0.717) is 0 Å². The van der Waals surface area contributed by atoms with Crippen molar-refractivity contribution in [1.82, 2.24) is 5.32 Å². The van der Waals surface area contributed by atoms with Gasteiger partial charge in [0.1, 0.15) is 0 Å². The number of carbonyl (C=O) groups excluding carboxylic acids is 1. The Hall–Kier alpha value is -1.39. The van der Waals surface area contributed by atoms with Gasteiger partial charge in [0, 0.05) is 10.2 Å². The van der Waals surface area contributed by atoms with Crippen molar-refractivity contribution in [2.24, 2.45) is 0 Å². The first-order valence-electron chi connectivity index (χ1n) is 6.46. The average Bonchev–Trinajstić information content (AvgIpc) is 2.93. The molecular formula is C15H15BrN2O. The van der Waals surface area contributed by atoms with Gasteiger partial charge >= 0.3 is 0 Å². The molecule has 1 atom stereocenters. The molecule has 0 saturated carbocycles. The van der Waals surface area contributed by atoms with Gasteiger partial charge in [-0.3, -0.25) is 4.79 Å². The van der Waals surface area contributed by atoms with Crippen molar-refractivity contribution >= 4 is 38.3 Å². The van der Waals surface area contributed by atoms with Crippen molar-refractivity contribution in [3.8, 4) is 0 Å². The predicted octanol–water partition coefficient (Wildman–Crippen LogP) is 3.29. The Labute approximate surface area is 120 Å². The number of fused-ring (bicyclic) bond motifs is 1. The summed E-state index contributed by atoms with van der Waals surface area (Å²) in [7, 11) is 0. The van der Waals surface area contributed by atoms with Crippen molar-refractivity contribution in [3.63, 3.8) is 0 Å².